The number of nitrogens with zero attached hydrogens (tertiary/aromatic N) is 1. The van der Waals surface area contributed by atoms with E-state index in [1.807, 2.05) is 24.3 Å². The highest BCUT2D eigenvalue weighted by Gasteiger charge is 2.08. The summed E-state index contributed by atoms with van der Waals surface area (Å²) in [5.41, 5.74) is 0.584. The van der Waals surface area contributed by atoms with Crippen LogP contribution in [0.2, 0.25) is 0 Å². The number of para-hydroxylation sites is 1. The highest BCUT2D eigenvalue weighted by atomic mass is 16.3. The quantitative estimate of drug-likeness (QED) is 0.882. The van der Waals surface area contributed by atoms with Crippen LogP contribution in [0.25, 0.3) is 10.9 Å². The standard InChI is InChI=1S/C14H17NO2/c1-10(2)7-8-15-12-6-4-3-5-11(12)9-13(16)14(15)17/h3-6,9-10,16H,7-8H2,1-2H3. The molecule has 0 unspecified atom stereocenters. The molecule has 1 N–H and O–H groups in total. The van der Waals surface area contributed by atoms with Crippen molar-refractivity contribution in [3.8, 4) is 5.75 Å². The van der Waals surface area contributed by atoms with Crippen LogP contribution in [0.4, 0.5) is 0 Å². The normalized spacial score (nSPS) is 11.2. The van der Waals surface area contributed by atoms with E-state index in [4.69, 9.17) is 0 Å². The molecule has 90 valence electrons. The molecule has 1 aromatic heterocycles. The topological polar surface area (TPSA) is 42.2 Å². The average Bonchev–Trinajstić information content (AvgIpc) is 2.29. The molecular weight excluding hydrogens is 214 g/mol. The van der Waals surface area contributed by atoms with Gasteiger partial charge in [-0.15, -0.1) is 0 Å². The van der Waals surface area contributed by atoms with E-state index in [2.05, 4.69) is 13.8 Å². The summed E-state index contributed by atoms with van der Waals surface area (Å²) >= 11 is 0. The molecule has 0 bridgehead atoms. The van der Waals surface area contributed by atoms with Gasteiger partial charge in [-0.25, -0.2) is 0 Å². The van der Waals surface area contributed by atoms with Crippen molar-refractivity contribution in [1.29, 1.82) is 0 Å². The first-order chi connectivity index (χ1) is 8.09. The van der Waals surface area contributed by atoms with Gasteiger partial charge in [-0.1, -0.05) is 32.0 Å². The van der Waals surface area contributed by atoms with Gasteiger partial charge in [0.25, 0.3) is 5.56 Å². The number of pyridine rings is 1. The number of aromatic nitrogens is 1. The van der Waals surface area contributed by atoms with E-state index in [1.165, 1.54) is 6.07 Å². The van der Waals surface area contributed by atoms with Crippen molar-refractivity contribution in [2.24, 2.45) is 5.92 Å². The molecule has 0 radical (unpaired) electrons. The Morgan fingerprint density at radius 3 is 2.71 bits per heavy atom. The fourth-order valence-electron chi connectivity index (χ4n) is 1.92. The zero-order valence-electron chi connectivity index (χ0n) is 10.2. The Bertz CT molecular complexity index is 584. The van der Waals surface area contributed by atoms with Crippen LogP contribution in [0.3, 0.4) is 0 Å². The van der Waals surface area contributed by atoms with Gasteiger partial charge in [-0.05, 0) is 24.5 Å². The number of fused-ring (bicyclic) bond motifs is 1. The highest BCUT2D eigenvalue weighted by Crippen LogP contribution is 2.17. The molecule has 1 heterocycles. The van der Waals surface area contributed by atoms with Crippen LogP contribution in [-0.2, 0) is 6.54 Å². The van der Waals surface area contributed by atoms with Gasteiger partial charge in [0.15, 0.2) is 5.75 Å². The van der Waals surface area contributed by atoms with Crippen molar-refractivity contribution in [2.45, 2.75) is 26.8 Å². The fraction of sp³-hybridized carbons (Fsp3) is 0.357. The first-order valence-electron chi connectivity index (χ1n) is 5.91. The van der Waals surface area contributed by atoms with Crippen LogP contribution >= 0.6 is 0 Å². The minimum Gasteiger partial charge on any atom is -0.503 e. The molecule has 0 amide bonds. The second kappa shape index (κ2) is 4.62. The smallest absolute Gasteiger partial charge is 0.293 e. The molecular formula is C14H17NO2. The van der Waals surface area contributed by atoms with Gasteiger partial charge in [-0.3, -0.25) is 4.79 Å². The second-order valence-electron chi connectivity index (χ2n) is 4.73. The summed E-state index contributed by atoms with van der Waals surface area (Å²) < 4.78 is 1.66. The summed E-state index contributed by atoms with van der Waals surface area (Å²) in [5.74, 6) is 0.357. The van der Waals surface area contributed by atoms with E-state index in [1.54, 1.807) is 4.57 Å². The Hall–Kier alpha value is -1.77. The zero-order chi connectivity index (χ0) is 12.4. The molecule has 3 heteroatoms. The first-order valence-corrected chi connectivity index (χ1v) is 5.91. The Labute approximate surface area is 100 Å². The van der Waals surface area contributed by atoms with E-state index in [0.29, 0.717) is 12.5 Å². The molecule has 0 saturated carbocycles. The van der Waals surface area contributed by atoms with Crippen molar-refractivity contribution in [2.75, 3.05) is 0 Å². The molecule has 3 nitrogen and oxygen atoms in total. The number of hydrogen-bond acceptors (Lipinski definition) is 2. The third-order valence-corrected chi connectivity index (χ3v) is 2.91. The lowest BCUT2D eigenvalue weighted by molar-refractivity contribution is 0.451. The lowest BCUT2D eigenvalue weighted by atomic mass is 10.1. The van der Waals surface area contributed by atoms with Crippen molar-refractivity contribution >= 4 is 10.9 Å². The summed E-state index contributed by atoms with van der Waals surface area (Å²) in [4.78, 5) is 11.9. The van der Waals surface area contributed by atoms with Crippen molar-refractivity contribution < 1.29 is 5.11 Å². The van der Waals surface area contributed by atoms with Crippen LogP contribution < -0.4 is 5.56 Å². The predicted molar refractivity (Wildman–Crippen MR) is 69.3 cm³/mol. The average molecular weight is 231 g/mol. The SMILES string of the molecule is CC(C)CCn1c(=O)c(O)cc2ccccc21. The van der Waals surface area contributed by atoms with Gasteiger partial charge in [0.05, 0.1) is 5.52 Å². The van der Waals surface area contributed by atoms with E-state index in [9.17, 15) is 9.90 Å². The molecule has 0 fully saturated rings. The van der Waals surface area contributed by atoms with Crippen molar-refractivity contribution in [1.82, 2.24) is 4.57 Å². The summed E-state index contributed by atoms with van der Waals surface area (Å²) in [6.45, 7) is 4.89. The number of benzene rings is 1. The first kappa shape index (κ1) is 11.7. The third-order valence-electron chi connectivity index (χ3n) is 2.91. The molecule has 17 heavy (non-hydrogen) atoms. The van der Waals surface area contributed by atoms with Crippen LogP contribution in [0.15, 0.2) is 35.1 Å². The number of rotatable bonds is 3. The lowest BCUT2D eigenvalue weighted by Crippen LogP contribution is -2.20. The van der Waals surface area contributed by atoms with Gasteiger partial charge in [0.2, 0.25) is 0 Å². The molecule has 0 aliphatic carbocycles. The summed E-state index contributed by atoms with van der Waals surface area (Å²) in [6.07, 6.45) is 0.924. The maximum atomic E-state index is 11.9. The molecule has 0 atom stereocenters. The van der Waals surface area contributed by atoms with Crippen molar-refractivity contribution in [3.63, 3.8) is 0 Å². The minimum atomic E-state index is -0.302. The summed E-state index contributed by atoms with van der Waals surface area (Å²) in [6, 6.07) is 9.16. The Kier molecular flexibility index (Phi) is 3.18. The number of aromatic hydroxyl groups is 1. The minimum absolute atomic E-state index is 0.174. The highest BCUT2D eigenvalue weighted by molar-refractivity contribution is 5.80. The van der Waals surface area contributed by atoms with Gasteiger partial charge < -0.3 is 9.67 Å². The second-order valence-corrected chi connectivity index (χ2v) is 4.73. The molecule has 0 spiro atoms. The van der Waals surface area contributed by atoms with E-state index in [-0.39, 0.29) is 11.3 Å². The van der Waals surface area contributed by atoms with Gasteiger partial charge in [0.1, 0.15) is 0 Å². The van der Waals surface area contributed by atoms with Crippen LogP contribution in [-0.4, -0.2) is 9.67 Å². The van der Waals surface area contributed by atoms with Gasteiger partial charge in [-0.2, -0.15) is 0 Å². The molecule has 0 aliphatic rings. The largest absolute Gasteiger partial charge is 0.503 e. The van der Waals surface area contributed by atoms with Crippen molar-refractivity contribution in [3.05, 3.63) is 40.7 Å². The molecule has 2 rings (SSSR count). The maximum Gasteiger partial charge on any atom is 0.293 e. The Balaban J connectivity index is 2.58. The Morgan fingerprint density at radius 1 is 1.29 bits per heavy atom. The number of aryl methyl sites for hydroxylation is 1. The fourth-order valence-corrected chi connectivity index (χ4v) is 1.92. The summed E-state index contributed by atoms with van der Waals surface area (Å²) in [5, 5.41) is 10.5. The van der Waals surface area contributed by atoms with Gasteiger partial charge in [0, 0.05) is 11.9 Å². The van der Waals surface area contributed by atoms with E-state index < -0.39 is 0 Å². The molecule has 2 aromatic rings. The van der Waals surface area contributed by atoms with Crippen LogP contribution in [0.5, 0.6) is 5.75 Å². The van der Waals surface area contributed by atoms with Crippen LogP contribution in [0, 0.1) is 5.92 Å². The Morgan fingerprint density at radius 2 is 2.00 bits per heavy atom. The number of hydrogen-bond donors (Lipinski definition) is 1. The summed E-state index contributed by atoms with van der Waals surface area (Å²) in [7, 11) is 0. The van der Waals surface area contributed by atoms with E-state index >= 15 is 0 Å². The monoisotopic (exact) mass is 231 g/mol. The lowest BCUT2D eigenvalue weighted by Gasteiger charge is -2.12. The maximum absolute atomic E-state index is 11.9. The predicted octanol–water partition coefficient (Wildman–Crippen LogP) is 2.75. The molecule has 0 saturated heterocycles. The third kappa shape index (κ3) is 2.33. The zero-order valence-corrected chi connectivity index (χ0v) is 10.2. The molecule has 0 aliphatic heterocycles. The van der Waals surface area contributed by atoms with E-state index in [0.717, 1.165) is 17.3 Å². The molecule has 1 aromatic carbocycles. The van der Waals surface area contributed by atoms with Crippen LogP contribution in [0.1, 0.15) is 20.3 Å². The van der Waals surface area contributed by atoms with Gasteiger partial charge >= 0.3 is 0 Å².